The van der Waals surface area contributed by atoms with Gasteiger partial charge in [-0.3, -0.25) is 19.2 Å². The summed E-state index contributed by atoms with van der Waals surface area (Å²) in [7, 11) is 0. The second kappa shape index (κ2) is 14.2. The molecule has 2 atom stereocenters. The molecule has 3 heterocycles. The second-order valence-electron chi connectivity index (χ2n) is 11.3. The number of hydrogen-bond donors (Lipinski definition) is 0. The van der Waals surface area contributed by atoms with Crippen LogP contribution in [0.4, 0.5) is 22.0 Å². The largest absolute Gasteiger partial charge is 0.522 e. The lowest BCUT2D eigenvalue weighted by molar-refractivity contribution is -0.325. The van der Waals surface area contributed by atoms with Crippen LogP contribution in [0.3, 0.4) is 0 Å². The zero-order valence-electron chi connectivity index (χ0n) is 25.0. The van der Waals surface area contributed by atoms with Crippen LogP contribution in [0.1, 0.15) is 60.3 Å². The van der Waals surface area contributed by atoms with Crippen molar-refractivity contribution in [3.63, 3.8) is 0 Å². The second-order valence-corrected chi connectivity index (χ2v) is 12.0. The Bertz CT molecular complexity index is 1380. The summed E-state index contributed by atoms with van der Waals surface area (Å²) in [4.78, 5) is 17.8. The maximum Gasteiger partial charge on any atom is 0.522 e. The smallest absolute Gasteiger partial charge is 0.462 e. The third-order valence-electron chi connectivity index (χ3n) is 8.55. The van der Waals surface area contributed by atoms with E-state index in [2.05, 4.69) is 19.6 Å². The van der Waals surface area contributed by atoms with Crippen LogP contribution in [0, 0.1) is 0 Å². The Morgan fingerprint density at radius 1 is 1.13 bits per heavy atom. The van der Waals surface area contributed by atoms with Crippen molar-refractivity contribution in [3.05, 3.63) is 71.2 Å². The number of benzene rings is 1. The molecular weight excluding hydrogens is 621 g/mol. The van der Waals surface area contributed by atoms with Gasteiger partial charge in [0, 0.05) is 63.5 Å². The van der Waals surface area contributed by atoms with Gasteiger partial charge >= 0.3 is 12.3 Å². The van der Waals surface area contributed by atoms with E-state index in [1.54, 1.807) is 6.92 Å². The zero-order chi connectivity index (χ0) is 32.2. The Hall–Kier alpha value is -3.00. The number of halogens is 6. The minimum Gasteiger partial charge on any atom is -0.462 e. The number of piperazine rings is 1. The first-order valence-corrected chi connectivity index (χ1v) is 15.5. The molecule has 246 valence electrons. The van der Waals surface area contributed by atoms with E-state index in [9.17, 15) is 26.7 Å². The van der Waals surface area contributed by atoms with Crippen molar-refractivity contribution in [1.29, 1.82) is 0 Å². The van der Waals surface area contributed by atoms with Crippen LogP contribution < -0.4 is 0 Å². The van der Waals surface area contributed by atoms with E-state index in [0.717, 1.165) is 23.0 Å². The van der Waals surface area contributed by atoms with Gasteiger partial charge in [-0.05, 0) is 31.4 Å². The van der Waals surface area contributed by atoms with Crippen LogP contribution in [0.15, 0.2) is 54.4 Å². The molecule has 8 nitrogen and oxygen atoms in total. The third kappa shape index (κ3) is 7.87. The number of carbonyl (C=O) groups is 1. The van der Waals surface area contributed by atoms with Crippen molar-refractivity contribution in [2.24, 2.45) is 0 Å². The normalized spacial score (nSPS) is 23.6. The van der Waals surface area contributed by atoms with Gasteiger partial charge in [0.25, 0.3) is 6.43 Å². The first-order chi connectivity index (χ1) is 21.5. The van der Waals surface area contributed by atoms with E-state index in [1.807, 2.05) is 47.4 Å². The maximum atomic E-state index is 14.3. The number of allylic oxidation sites excluding steroid dienone is 2. The fourth-order valence-corrected chi connectivity index (χ4v) is 6.71. The van der Waals surface area contributed by atoms with Gasteiger partial charge in [-0.2, -0.15) is 5.10 Å². The van der Waals surface area contributed by atoms with Crippen molar-refractivity contribution in [1.82, 2.24) is 24.5 Å². The Labute approximate surface area is 264 Å². The number of likely N-dealkylation sites (tertiary alicyclic amines) is 1. The Balaban J connectivity index is 1.36. The topological polar surface area (TPSA) is 63.1 Å². The molecule has 5 rings (SSSR count). The lowest BCUT2D eigenvalue weighted by atomic mass is 9.90. The third-order valence-corrected chi connectivity index (χ3v) is 9.05. The fraction of sp³-hybridized carbons (Fsp3) is 0.548. The molecule has 0 saturated carbocycles. The van der Waals surface area contributed by atoms with E-state index < -0.39 is 42.1 Å². The monoisotopic (exact) mass is 657 g/mol. The molecular formula is C31H37ClF5N5O3. The van der Waals surface area contributed by atoms with Crippen LogP contribution in [-0.2, 0) is 9.47 Å². The molecule has 1 aliphatic carbocycles. The molecule has 45 heavy (non-hydrogen) atoms. The molecule has 2 aromatic rings. The molecule has 0 radical (unpaired) electrons. The number of ether oxygens (including phenoxy) is 2. The highest BCUT2D eigenvalue weighted by molar-refractivity contribution is 6.25. The fourth-order valence-electron chi connectivity index (χ4n) is 6.36. The van der Waals surface area contributed by atoms with Crippen LogP contribution >= 0.6 is 11.6 Å². The molecule has 0 amide bonds. The maximum absolute atomic E-state index is 14.3. The first-order valence-electron chi connectivity index (χ1n) is 15.1. The summed E-state index contributed by atoms with van der Waals surface area (Å²) in [6, 6.07) is 9.45. The van der Waals surface area contributed by atoms with Crippen molar-refractivity contribution < 1.29 is 36.2 Å². The average molecular weight is 658 g/mol. The number of rotatable bonds is 10. The Morgan fingerprint density at radius 2 is 1.87 bits per heavy atom. The number of hydrogen-bond acceptors (Lipinski definition) is 7. The standard InChI is InChI=1S/C31H37ClF5N5O3/c1-2-44-29(43)25-20-38-42(27(25)28(33)34)23-9-6-12-40(21-23)26-19-30(32,11-10-24(26)22-7-4-3-5-8-22)41-15-13-39(14-16-41)17-18-45-31(35,36)37/h3-5,7-8,10-11,20,23,28H,2,6,9,12-19,21H2,1H3. The molecule has 2 unspecified atom stereocenters. The van der Waals surface area contributed by atoms with E-state index in [4.69, 9.17) is 16.3 Å². The highest BCUT2D eigenvalue weighted by atomic mass is 35.5. The average Bonchev–Trinajstić information content (AvgIpc) is 3.48. The van der Waals surface area contributed by atoms with Crippen molar-refractivity contribution in [2.45, 2.75) is 50.0 Å². The lowest BCUT2D eigenvalue weighted by Gasteiger charge is -2.47. The molecule has 2 saturated heterocycles. The van der Waals surface area contributed by atoms with Crippen LogP contribution in [-0.4, -0.2) is 101 Å². The molecule has 1 aromatic heterocycles. The summed E-state index contributed by atoms with van der Waals surface area (Å²) in [6.45, 7) is 4.69. The molecule has 14 heteroatoms. The molecule has 0 N–H and O–H groups in total. The van der Waals surface area contributed by atoms with E-state index >= 15 is 0 Å². The van der Waals surface area contributed by atoms with Gasteiger partial charge in [0.15, 0.2) is 0 Å². The number of piperidine rings is 1. The molecule has 2 aliphatic heterocycles. The first kappa shape index (κ1) is 33.4. The van der Waals surface area contributed by atoms with Gasteiger partial charge in [-0.15, -0.1) is 13.2 Å². The van der Waals surface area contributed by atoms with Gasteiger partial charge in [-0.25, -0.2) is 13.6 Å². The molecule has 0 spiro atoms. The quantitative estimate of drug-likeness (QED) is 0.133. The summed E-state index contributed by atoms with van der Waals surface area (Å²) in [5.41, 5.74) is 2.29. The van der Waals surface area contributed by atoms with Crippen LogP contribution in [0.2, 0.25) is 0 Å². The predicted molar refractivity (Wildman–Crippen MR) is 159 cm³/mol. The van der Waals surface area contributed by atoms with Crippen LogP contribution in [0.5, 0.6) is 0 Å². The molecule has 1 aromatic carbocycles. The van der Waals surface area contributed by atoms with Crippen molar-refractivity contribution in [2.75, 3.05) is 59.0 Å². The Morgan fingerprint density at radius 3 is 2.53 bits per heavy atom. The van der Waals surface area contributed by atoms with Gasteiger partial charge in [0.2, 0.25) is 0 Å². The number of carbonyl (C=O) groups excluding carboxylic acids is 1. The summed E-state index contributed by atoms with van der Waals surface area (Å²) in [5.74, 6) is -0.821. The van der Waals surface area contributed by atoms with E-state index in [-0.39, 0.29) is 18.7 Å². The van der Waals surface area contributed by atoms with Gasteiger partial charge in [-0.1, -0.05) is 48.0 Å². The summed E-state index contributed by atoms with van der Waals surface area (Å²) < 4.78 is 76.0. The van der Waals surface area contributed by atoms with Crippen molar-refractivity contribution in [3.8, 4) is 0 Å². The van der Waals surface area contributed by atoms with Crippen LogP contribution in [0.25, 0.3) is 5.57 Å². The number of alkyl halides is 6. The van der Waals surface area contributed by atoms with E-state index in [0.29, 0.717) is 58.5 Å². The summed E-state index contributed by atoms with van der Waals surface area (Å²) in [6.07, 6.45) is -0.662. The van der Waals surface area contributed by atoms with Gasteiger partial charge < -0.3 is 9.64 Å². The zero-order valence-corrected chi connectivity index (χ0v) is 25.7. The summed E-state index contributed by atoms with van der Waals surface area (Å²) >= 11 is 7.34. The number of aromatic nitrogens is 2. The van der Waals surface area contributed by atoms with Gasteiger partial charge in [0.1, 0.15) is 16.3 Å². The molecule has 2 fully saturated rings. The van der Waals surface area contributed by atoms with E-state index in [1.165, 1.54) is 4.68 Å². The highest BCUT2D eigenvalue weighted by Gasteiger charge is 2.41. The minimum atomic E-state index is -4.65. The SMILES string of the molecule is CCOC(=O)c1cnn(C2CCCN(C3=C(c4ccccc4)C=CC(Cl)(N4CCN(CCOC(F)(F)F)CC4)C3)C2)c1C(F)F. The van der Waals surface area contributed by atoms with Gasteiger partial charge in [0.05, 0.1) is 25.5 Å². The number of nitrogens with zero attached hydrogens (tertiary/aromatic N) is 5. The highest BCUT2D eigenvalue weighted by Crippen LogP contribution is 2.42. The Kier molecular flexibility index (Phi) is 10.5. The minimum absolute atomic E-state index is 0.0650. The number of esters is 1. The lowest BCUT2D eigenvalue weighted by Crippen LogP contribution is -2.55. The molecule has 0 bridgehead atoms. The molecule has 3 aliphatic rings. The summed E-state index contributed by atoms with van der Waals surface area (Å²) in [5, 5.41) is 4.23. The van der Waals surface area contributed by atoms with Crippen molar-refractivity contribution >= 4 is 23.1 Å². The predicted octanol–water partition coefficient (Wildman–Crippen LogP) is 6.09.